The number of rotatable bonds is 6. The minimum atomic E-state index is 0.0328. The van der Waals surface area contributed by atoms with Crippen molar-refractivity contribution in [3.63, 3.8) is 0 Å². The minimum Gasteiger partial charge on any atom is -0.292 e. The summed E-state index contributed by atoms with van der Waals surface area (Å²) in [6, 6.07) is 1.83. The van der Waals surface area contributed by atoms with Gasteiger partial charge in [-0.05, 0) is 25.8 Å². The molecule has 0 amide bonds. The lowest BCUT2D eigenvalue weighted by atomic mass is 10.2. The van der Waals surface area contributed by atoms with Crippen molar-refractivity contribution in [3.05, 3.63) is 29.6 Å². The maximum atomic E-state index is 12.4. The molecule has 0 aromatic carbocycles. The van der Waals surface area contributed by atoms with E-state index < -0.39 is 0 Å². The Labute approximate surface area is 118 Å². The van der Waals surface area contributed by atoms with E-state index in [2.05, 4.69) is 29.0 Å². The van der Waals surface area contributed by atoms with Crippen LogP contribution in [0.25, 0.3) is 0 Å². The quantitative estimate of drug-likeness (QED) is 0.755. The highest BCUT2D eigenvalue weighted by molar-refractivity contribution is 5.95. The Morgan fingerprint density at radius 3 is 2.75 bits per heavy atom. The van der Waals surface area contributed by atoms with Gasteiger partial charge in [-0.2, -0.15) is 10.2 Å². The van der Waals surface area contributed by atoms with Crippen LogP contribution in [0.1, 0.15) is 42.8 Å². The van der Waals surface area contributed by atoms with E-state index in [1.54, 1.807) is 4.68 Å². The Hall–Kier alpha value is -1.98. The van der Waals surface area contributed by atoms with Crippen LogP contribution in [0.15, 0.2) is 12.4 Å². The average molecular weight is 275 g/mol. The number of aryl methyl sites for hydroxylation is 2. The zero-order valence-corrected chi connectivity index (χ0v) is 12.5. The van der Waals surface area contributed by atoms with E-state index in [0.717, 1.165) is 12.2 Å². The van der Waals surface area contributed by atoms with Crippen LogP contribution in [-0.4, -0.2) is 30.3 Å². The molecule has 0 saturated carbocycles. The molecule has 0 aliphatic carbocycles. The van der Waals surface area contributed by atoms with Crippen LogP contribution in [0, 0.1) is 12.8 Å². The summed E-state index contributed by atoms with van der Waals surface area (Å²) in [5.41, 5.74) is 1.50. The number of aromatic nitrogens is 5. The second-order valence-corrected chi connectivity index (χ2v) is 5.34. The van der Waals surface area contributed by atoms with E-state index >= 15 is 0 Å². The van der Waals surface area contributed by atoms with Crippen LogP contribution in [0.2, 0.25) is 0 Å². The minimum absolute atomic E-state index is 0.0328. The molecule has 0 fully saturated rings. The summed E-state index contributed by atoms with van der Waals surface area (Å²) in [5.74, 6) is 1.21. The maximum Gasteiger partial charge on any atom is 0.188 e. The molecule has 2 heterocycles. The second-order valence-electron chi connectivity index (χ2n) is 5.34. The van der Waals surface area contributed by atoms with E-state index in [1.807, 2.05) is 24.6 Å². The summed E-state index contributed by atoms with van der Waals surface area (Å²) in [6.07, 6.45) is 1.77. The molecule has 0 saturated heterocycles. The first kappa shape index (κ1) is 14.4. The number of hydrogen-bond donors (Lipinski definition) is 0. The van der Waals surface area contributed by atoms with Gasteiger partial charge in [-0.3, -0.25) is 9.48 Å². The predicted molar refractivity (Wildman–Crippen MR) is 75.5 cm³/mol. The van der Waals surface area contributed by atoms with Gasteiger partial charge in [-0.25, -0.2) is 9.67 Å². The number of carbonyl (C=O) groups is 1. The van der Waals surface area contributed by atoms with Crippen LogP contribution in [0.5, 0.6) is 0 Å². The molecule has 6 nitrogen and oxygen atoms in total. The highest BCUT2D eigenvalue weighted by Crippen LogP contribution is 2.09. The molecular formula is C14H21N5O. The van der Waals surface area contributed by atoms with E-state index in [-0.39, 0.29) is 12.2 Å². The lowest BCUT2D eigenvalue weighted by molar-refractivity contribution is 0.0978. The van der Waals surface area contributed by atoms with Gasteiger partial charge in [0.2, 0.25) is 0 Å². The van der Waals surface area contributed by atoms with Crippen LogP contribution in [-0.2, 0) is 19.5 Å². The van der Waals surface area contributed by atoms with Crippen LogP contribution < -0.4 is 0 Å². The van der Waals surface area contributed by atoms with Crippen molar-refractivity contribution >= 4 is 5.78 Å². The SMILES string of the molecule is CCn1nc(C)cc1C(=O)Cc1ncnn1CC(C)C. The van der Waals surface area contributed by atoms with E-state index in [1.165, 1.54) is 6.33 Å². The number of ketones is 1. The average Bonchev–Trinajstić information content (AvgIpc) is 2.95. The largest absolute Gasteiger partial charge is 0.292 e. The lowest BCUT2D eigenvalue weighted by Crippen LogP contribution is -2.16. The van der Waals surface area contributed by atoms with Crippen molar-refractivity contribution in [1.29, 1.82) is 0 Å². The van der Waals surface area contributed by atoms with Crippen molar-refractivity contribution in [3.8, 4) is 0 Å². The molecule has 0 bridgehead atoms. The van der Waals surface area contributed by atoms with Gasteiger partial charge in [0.15, 0.2) is 5.78 Å². The van der Waals surface area contributed by atoms with Gasteiger partial charge in [0.05, 0.1) is 12.1 Å². The molecular weight excluding hydrogens is 254 g/mol. The fourth-order valence-electron chi connectivity index (χ4n) is 2.17. The summed E-state index contributed by atoms with van der Waals surface area (Å²) in [5, 5.41) is 8.49. The topological polar surface area (TPSA) is 65.6 Å². The van der Waals surface area contributed by atoms with Gasteiger partial charge in [0.25, 0.3) is 0 Å². The summed E-state index contributed by atoms with van der Waals surface area (Å²) in [7, 11) is 0. The molecule has 6 heteroatoms. The Bertz CT molecular complexity index is 596. The summed E-state index contributed by atoms with van der Waals surface area (Å²) < 4.78 is 3.54. The molecule has 0 radical (unpaired) electrons. The summed E-state index contributed by atoms with van der Waals surface area (Å²) in [6.45, 7) is 9.56. The van der Waals surface area contributed by atoms with Gasteiger partial charge >= 0.3 is 0 Å². The molecule has 2 aromatic heterocycles. The molecule has 2 rings (SSSR count). The third-order valence-electron chi connectivity index (χ3n) is 3.04. The Morgan fingerprint density at radius 2 is 2.10 bits per heavy atom. The maximum absolute atomic E-state index is 12.4. The number of hydrogen-bond acceptors (Lipinski definition) is 4. The third kappa shape index (κ3) is 3.12. The first-order valence-corrected chi connectivity index (χ1v) is 6.95. The molecule has 0 aliphatic rings. The van der Waals surface area contributed by atoms with Crippen molar-refractivity contribution in [1.82, 2.24) is 24.5 Å². The number of Topliss-reactive ketones (excluding diaryl/α,β-unsaturated/α-hetero) is 1. The predicted octanol–water partition coefficient (Wildman–Crippen LogP) is 1.88. The first-order valence-electron chi connectivity index (χ1n) is 6.95. The van der Waals surface area contributed by atoms with Gasteiger partial charge in [0, 0.05) is 13.1 Å². The van der Waals surface area contributed by atoms with Crippen LogP contribution >= 0.6 is 0 Å². The number of carbonyl (C=O) groups excluding carboxylic acids is 1. The Morgan fingerprint density at radius 1 is 1.35 bits per heavy atom. The number of nitrogens with zero attached hydrogens (tertiary/aromatic N) is 5. The van der Waals surface area contributed by atoms with E-state index in [9.17, 15) is 4.79 Å². The zero-order chi connectivity index (χ0) is 14.7. The molecule has 0 unspecified atom stereocenters. The monoisotopic (exact) mass is 275 g/mol. The van der Waals surface area contributed by atoms with Gasteiger partial charge in [0.1, 0.15) is 17.8 Å². The summed E-state index contributed by atoms with van der Waals surface area (Å²) in [4.78, 5) is 16.6. The highest BCUT2D eigenvalue weighted by atomic mass is 16.1. The van der Waals surface area contributed by atoms with Gasteiger partial charge in [-0.15, -0.1) is 0 Å². The second kappa shape index (κ2) is 5.98. The Kier molecular flexibility index (Phi) is 4.32. The molecule has 0 spiro atoms. The molecule has 108 valence electrons. The van der Waals surface area contributed by atoms with E-state index in [4.69, 9.17) is 0 Å². The molecule has 2 aromatic rings. The van der Waals surface area contributed by atoms with Gasteiger partial charge < -0.3 is 0 Å². The third-order valence-corrected chi connectivity index (χ3v) is 3.04. The first-order chi connectivity index (χ1) is 9.51. The van der Waals surface area contributed by atoms with Crippen molar-refractivity contribution < 1.29 is 4.79 Å². The van der Waals surface area contributed by atoms with E-state index in [0.29, 0.717) is 24.0 Å². The fraction of sp³-hybridized carbons (Fsp3) is 0.571. The highest BCUT2D eigenvalue weighted by Gasteiger charge is 2.17. The lowest BCUT2D eigenvalue weighted by Gasteiger charge is -2.08. The summed E-state index contributed by atoms with van der Waals surface area (Å²) >= 11 is 0. The molecule has 0 N–H and O–H groups in total. The zero-order valence-electron chi connectivity index (χ0n) is 12.5. The van der Waals surface area contributed by atoms with Crippen molar-refractivity contribution in [2.24, 2.45) is 5.92 Å². The van der Waals surface area contributed by atoms with Crippen LogP contribution in [0.4, 0.5) is 0 Å². The standard InChI is InChI=1S/C14H21N5O/c1-5-18-12(6-11(4)17-18)13(20)7-14-15-9-16-19(14)8-10(2)3/h6,9-10H,5,7-8H2,1-4H3. The van der Waals surface area contributed by atoms with Crippen LogP contribution in [0.3, 0.4) is 0 Å². The smallest absolute Gasteiger partial charge is 0.188 e. The molecule has 20 heavy (non-hydrogen) atoms. The fourth-order valence-corrected chi connectivity index (χ4v) is 2.17. The van der Waals surface area contributed by atoms with Crippen molar-refractivity contribution in [2.75, 3.05) is 0 Å². The molecule has 0 atom stereocenters. The van der Waals surface area contributed by atoms with Crippen molar-refractivity contribution in [2.45, 2.75) is 47.2 Å². The Balaban J connectivity index is 2.17. The normalized spacial score (nSPS) is 11.2. The molecule has 0 aliphatic heterocycles. The van der Waals surface area contributed by atoms with Gasteiger partial charge in [-0.1, -0.05) is 13.8 Å².